The second-order valence-electron chi connectivity index (χ2n) is 6.90. The van der Waals surface area contributed by atoms with E-state index < -0.39 is 27.1 Å². The zero-order valence-electron chi connectivity index (χ0n) is 18.2. The van der Waals surface area contributed by atoms with Gasteiger partial charge in [-0.2, -0.15) is 5.26 Å². The minimum Gasteiger partial charge on any atom is -0.493 e. The maximum absolute atomic E-state index is 12.6. The van der Waals surface area contributed by atoms with Crippen LogP contribution in [0, 0.1) is 31.6 Å². The van der Waals surface area contributed by atoms with E-state index in [1.54, 1.807) is 18.2 Å². The predicted molar refractivity (Wildman–Crippen MR) is 132 cm³/mol. The number of carbonyl (C=O) groups is 1. The molecule has 1 N–H and O–H groups in total. The van der Waals surface area contributed by atoms with Crippen LogP contribution in [0.4, 0.5) is 17.1 Å². The second-order valence-corrected chi connectivity index (χ2v) is 7.69. The largest absolute Gasteiger partial charge is 0.493 e. The third-order valence-electron chi connectivity index (χ3n) is 4.63. The molecule has 0 radical (unpaired) electrons. The van der Waals surface area contributed by atoms with Crippen LogP contribution in [0.1, 0.15) is 5.56 Å². The van der Waals surface area contributed by atoms with Crippen LogP contribution in [0.3, 0.4) is 0 Å². The number of halogens is 2. The van der Waals surface area contributed by atoms with Crippen LogP contribution in [-0.2, 0) is 4.79 Å². The standard InChI is InChI=1S/C23H14Cl2N4O7/c1-35-21-10-13(9-14(12-26)23(30)27-17-4-2-3-16(24)22(17)25)5-7-20(21)36-19-8-6-15(28(31)32)11-18(19)29(33)34/h2-11H,1H3,(H,27,30)/b14-9-. The van der Waals surface area contributed by atoms with Crippen molar-refractivity contribution >= 4 is 52.2 Å². The molecule has 0 aromatic heterocycles. The molecule has 182 valence electrons. The van der Waals surface area contributed by atoms with E-state index in [1.165, 1.54) is 37.5 Å². The summed E-state index contributed by atoms with van der Waals surface area (Å²) >= 11 is 12.0. The van der Waals surface area contributed by atoms with Crippen LogP contribution in [0.5, 0.6) is 17.2 Å². The lowest BCUT2D eigenvalue weighted by Crippen LogP contribution is -2.13. The summed E-state index contributed by atoms with van der Waals surface area (Å²) in [5, 5.41) is 34.6. The number of hydrogen-bond acceptors (Lipinski definition) is 8. The quantitative estimate of drug-likeness (QED) is 0.157. The number of anilines is 1. The monoisotopic (exact) mass is 528 g/mol. The number of nitro benzene ring substituents is 2. The normalized spacial score (nSPS) is 10.8. The average Bonchev–Trinajstić information content (AvgIpc) is 2.85. The van der Waals surface area contributed by atoms with Gasteiger partial charge in [0.15, 0.2) is 11.5 Å². The molecule has 0 aliphatic carbocycles. The summed E-state index contributed by atoms with van der Waals surface area (Å²) in [6, 6.07) is 13.7. The highest BCUT2D eigenvalue weighted by atomic mass is 35.5. The fourth-order valence-corrected chi connectivity index (χ4v) is 3.28. The fraction of sp³-hybridized carbons (Fsp3) is 0.0435. The molecule has 0 heterocycles. The van der Waals surface area contributed by atoms with Crippen molar-refractivity contribution in [1.82, 2.24) is 0 Å². The first-order valence-electron chi connectivity index (χ1n) is 9.80. The van der Waals surface area contributed by atoms with E-state index in [-0.39, 0.29) is 38.6 Å². The Hall–Kier alpha value is -4.66. The summed E-state index contributed by atoms with van der Waals surface area (Å²) in [4.78, 5) is 33.3. The first kappa shape index (κ1) is 26.0. The van der Waals surface area contributed by atoms with E-state index >= 15 is 0 Å². The summed E-state index contributed by atoms with van der Waals surface area (Å²) in [5.74, 6) is -0.808. The highest BCUT2D eigenvalue weighted by Crippen LogP contribution is 2.38. The summed E-state index contributed by atoms with van der Waals surface area (Å²) < 4.78 is 10.9. The molecule has 0 atom stereocenters. The molecule has 1 amide bonds. The number of benzene rings is 3. The molecule has 0 saturated carbocycles. The summed E-state index contributed by atoms with van der Waals surface area (Å²) in [6.07, 6.45) is 1.29. The Labute approximate surface area is 213 Å². The molecule has 0 unspecified atom stereocenters. The second kappa shape index (κ2) is 11.2. The van der Waals surface area contributed by atoms with Crippen LogP contribution in [0.2, 0.25) is 10.0 Å². The molecule has 0 saturated heterocycles. The van der Waals surface area contributed by atoms with Gasteiger partial charge in [0.25, 0.3) is 11.6 Å². The number of hydrogen-bond donors (Lipinski definition) is 1. The van der Waals surface area contributed by atoms with E-state index in [2.05, 4.69) is 5.32 Å². The number of ether oxygens (including phenoxy) is 2. The number of methoxy groups -OCH3 is 1. The lowest BCUT2D eigenvalue weighted by atomic mass is 10.1. The number of amides is 1. The Morgan fingerprint density at radius 3 is 2.39 bits per heavy atom. The van der Waals surface area contributed by atoms with Gasteiger partial charge in [-0.25, -0.2) is 0 Å². The van der Waals surface area contributed by atoms with E-state index in [0.717, 1.165) is 18.2 Å². The Morgan fingerprint density at radius 1 is 1.03 bits per heavy atom. The summed E-state index contributed by atoms with van der Waals surface area (Å²) in [5.41, 5.74) is -0.739. The molecular formula is C23H14Cl2N4O7. The molecule has 0 aliphatic rings. The van der Waals surface area contributed by atoms with Crippen molar-refractivity contribution in [2.45, 2.75) is 0 Å². The first-order valence-corrected chi connectivity index (χ1v) is 10.6. The van der Waals surface area contributed by atoms with Gasteiger partial charge in [-0.05, 0) is 42.0 Å². The van der Waals surface area contributed by atoms with Gasteiger partial charge >= 0.3 is 5.69 Å². The number of rotatable bonds is 8. The molecule has 0 aliphatic heterocycles. The highest BCUT2D eigenvalue weighted by Gasteiger charge is 2.22. The van der Waals surface area contributed by atoms with Crippen molar-refractivity contribution in [3.63, 3.8) is 0 Å². The van der Waals surface area contributed by atoms with Crippen LogP contribution in [0.15, 0.2) is 60.2 Å². The van der Waals surface area contributed by atoms with Crippen LogP contribution in [-0.4, -0.2) is 22.9 Å². The minimum atomic E-state index is -0.810. The van der Waals surface area contributed by atoms with E-state index in [1.807, 2.05) is 0 Å². The Kier molecular flexibility index (Phi) is 8.06. The van der Waals surface area contributed by atoms with Crippen molar-refractivity contribution in [1.29, 1.82) is 5.26 Å². The van der Waals surface area contributed by atoms with Crippen molar-refractivity contribution in [2.24, 2.45) is 0 Å². The third kappa shape index (κ3) is 5.87. The van der Waals surface area contributed by atoms with Crippen molar-refractivity contribution in [3.05, 3.63) is 96.0 Å². The zero-order valence-corrected chi connectivity index (χ0v) is 19.7. The number of nitrogens with one attached hydrogen (secondary N) is 1. The zero-order chi connectivity index (χ0) is 26.4. The molecule has 0 bridgehead atoms. The maximum Gasteiger partial charge on any atom is 0.318 e. The number of nitro groups is 2. The minimum absolute atomic E-state index is 0.0558. The number of nitriles is 1. The van der Waals surface area contributed by atoms with Gasteiger partial charge in [0.05, 0.1) is 38.8 Å². The Bertz CT molecular complexity index is 1450. The van der Waals surface area contributed by atoms with Crippen molar-refractivity contribution in [3.8, 4) is 23.3 Å². The van der Waals surface area contributed by atoms with Gasteiger partial charge in [0, 0.05) is 6.07 Å². The number of nitrogens with zero attached hydrogens (tertiary/aromatic N) is 3. The Balaban J connectivity index is 1.89. The van der Waals surface area contributed by atoms with Gasteiger partial charge in [-0.1, -0.05) is 35.3 Å². The molecule has 13 heteroatoms. The van der Waals surface area contributed by atoms with Crippen LogP contribution >= 0.6 is 23.2 Å². The molecule has 3 aromatic rings. The maximum atomic E-state index is 12.6. The van der Waals surface area contributed by atoms with Crippen molar-refractivity contribution in [2.75, 3.05) is 12.4 Å². The third-order valence-corrected chi connectivity index (χ3v) is 5.45. The van der Waals surface area contributed by atoms with Gasteiger partial charge in [-0.3, -0.25) is 25.0 Å². The topological polar surface area (TPSA) is 158 Å². The lowest BCUT2D eigenvalue weighted by molar-refractivity contribution is -0.394. The van der Waals surface area contributed by atoms with E-state index in [9.17, 15) is 30.3 Å². The SMILES string of the molecule is COc1cc(/C=C(/C#N)C(=O)Nc2cccc(Cl)c2Cl)ccc1Oc1ccc([N+](=O)[O-])cc1[N+](=O)[O-]. The summed E-state index contributed by atoms with van der Waals surface area (Å²) in [6.45, 7) is 0. The molecule has 3 rings (SSSR count). The van der Waals surface area contributed by atoms with Crippen LogP contribution < -0.4 is 14.8 Å². The van der Waals surface area contributed by atoms with Gasteiger partial charge in [-0.15, -0.1) is 0 Å². The van der Waals surface area contributed by atoms with Gasteiger partial charge < -0.3 is 14.8 Å². The number of non-ortho nitro benzene ring substituents is 1. The van der Waals surface area contributed by atoms with Gasteiger partial charge in [0.2, 0.25) is 5.75 Å². The average molecular weight is 529 g/mol. The van der Waals surface area contributed by atoms with Crippen molar-refractivity contribution < 1.29 is 24.1 Å². The molecule has 3 aromatic carbocycles. The highest BCUT2D eigenvalue weighted by molar-refractivity contribution is 6.44. The van der Waals surface area contributed by atoms with E-state index in [4.69, 9.17) is 32.7 Å². The number of carbonyl (C=O) groups excluding carboxylic acids is 1. The first-order chi connectivity index (χ1) is 17.1. The lowest BCUT2D eigenvalue weighted by Gasteiger charge is -2.11. The smallest absolute Gasteiger partial charge is 0.318 e. The molecule has 11 nitrogen and oxygen atoms in total. The van der Waals surface area contributed by atoms with Gasteiger partial charge in [0.1, 0.15) is 11.6 Å². The molecule has 0 spiro atoms. The molecule has 0 fully saturated rings. The summed E-state index contributed by atoms with van der Waals surface area (Å²) in [7, 11) is 1.32. The Morgan fingerprint density at radius 2 is 1.75 bits per heavy atom. The van der Waals surface area contributed by atoms with E-state index in [0.29, 0.717) is 5.56 Å². The fourth-order valence-electron chi connectivity index (χ4n) is 2.93. The predicted octanol–water partition coefficient (Wildman–Crippen LogP) is 6.16. The van der Waals surface area contributed by atoms with Crippen LogP contribution in [0.25, 0.3) is 6.08 Å². The molecular weight excluding hydrogens is 515 g/mol. The molecule has 36 heavy (non-hydrogen) atoms.